The van der Waals surface area contributed by atoms with Crippen molar-refractivity contribution in [1.29, 1.82) is 0 Å². The first-order valence-corrected chi connectivity index (χ1v) is 13.9. The number of hydrogen-bond acceptors (Lipinski definition) is 7. The Morgan fingerprint density at radius 1 is 0.647 bits per heavy atom. The van der Waals surface area contributed by atoms with Gasteiger partial charge in [0.05, 0.1) is 6.61 Å². The third kappa shape index (κ3) is 17.7. The van der Waals surface area contributed by atoms with E-state index in [0.29, 0.717) is 0 Å². The lowest BCUT2D eigenvalue weighted by atomic mass is 9.91. The van der Waals surface area contributed by atoms with Gasteiger partial charge in [0.2, 0.25) is 0 Å². The largest absolute Gasteiger partial charge is 0.463 e. The minimum absolute atomic E-state index is 0.252. The van der Waals surface area contributed by atoms with Gasteiger partial charge in [-0.15, -0.1) is 0 Å². The van der Waals surface area contributed by atoms with Gasteiger partial charge < -0.3 is 30.3 Å². The van der Waals surface area contributed by atoms with E-state index in [-0.39, 0.29) is 12.3 Å². The van der Waals surface area contributed by atoms with Gasteiger partial charge >= 0.3 is 5.97 Å². The number of carbonyl (C=O) groups excluding carboxylic acids is 1. The Morgan fingerprint density at radius 2 is 1.06 bits per heavy atom. The van der Waals surface area contributed by atoms with Crippen LogP contribution in [0.4, 0.5) is 0 Å². The minimum Gasteiger partial charge on any atom is -0.463 e. The Morgan fingerprint density at radius 3 is 1.50 bits per heavy atom. The highest BCUT2D eigenvalue weighted by atomic mass is 16.5. The molecule has 7 nitrogen and oxygen atoms in total. The van der Waals surface area contributed by atoms with Gasteiger partial charge in [0.15, 0.2) is 0 Å². The molecule has 204 valence electrons. The summed E-state index contributed by atoms with van der Waals surface area (Å²) in [5.41, 5.74) is 0. The molecular formula is C27H54O7. The molecule has 0 aromatic carbocycles. The molecule has 0 aromatic heterocycles. The van der Waals surface area contributed by atoms with Crippen LogP contribution in [0.1, 0.15) is 123 Å². The summed E-state index contributed by atoms with van der Waals surface area (Å²) in [5, 5.41) is 47.7. The molecule has 0 rings (SSSR count). The van der Waals surface area contributed by atoms with Crippen molar-refractivity contribution in [3.63, 3.8) is 0 Å². The van der Waals surface area contributed by atoms with Crippen molar-refractivity contribution in [2.24, 2.45) is 5.92 Å². The van der Waals surface area contributed by atoms with Crippen molar-refractivity contribution >= 4 is 5.97 Å². The monoisotopic (exact) mass is 490 g/mol. The topological polar surface area (TPSA) is 127 Å². The molecule has 0 radical (unpaired) electrons. The summed E-state index contributed by atoms with van der Waals surface area (Å²) < 4.78 is 5.16. The smallest absolute Gasteiger partial charge is 0.306 e. The highest BCUT2D eigenvalue weighted by molar-refractivity contribution is 5.69. The van der Waals surface area contributed by atoms with Crippen molar-refractivity contribution in [3.8, 4) is 0 Å². The highest BCUT2D eigenvalue weighted by Crippen LogP contribution is 2.23. The zero-order valence-corrected chi connectivity index (χ0v) is 21.9. The molecule has 0 aliphatic rings. The van der Waals surface area contributed by atoms with Crippen LogP contribution in [0.2, 0.25) is 0 Å². The van der Waals surface area contributed by atoms with Gasteiger partial charge in [0.25, 0.3) is 0 Å². The number of esters is 1. The van der Waals surface area contributed by atoms with Gasteiger partial charge in [0, 0.05) is 6.42 Å². The summed E-state index contributed by atoms with van der Waals surface area (Å²) >= 11 is 0. The second-order valence-corrected chi connectivity index (χ2v) is 9.87. The number of hydrogen-bond donors (Lipinski definition) is 5. The molecule has 5 atom stereocenters. The molecule has 0 aromatic rings. The molecule has 5 N–H and O–H groups in total. The molecule has 0 saturated carbocycles. The second-order valence-electron chi connectivity index (χ2n) is 9.87. The Balaban J connectivity index is 4.40. The molecule has 0 saturated heterocycles. The fraction of sp³-hybridized carbons (Fsp3) is 0.963. The second kappa shape index (κ2) is 22.7. The highest BCUT2D eigenvalue weighted by Gasteiger charge is 2.30. The molecule has 0 heterocycles. The SMILES string of the molecule is CCCCCCCCCCC(CCCCCCCC)CC(=O)OC[C@@H](O)[C@@H](O)[C@H](O)[C@H](O)CO. The van der Waals surface area contributed by atoms with Gasteiger partial charge in [-0.3, -0.25) is 4.79 Å². The number of rotatable bonds is 24. The van der Waals surface area contributed by atoms with E-state index in [1.54, 1.807) is 0 Å². The number of aliphatic hydroxyl groups excluding tert-OH is 5. The van der Waals surface area contributed by atoms with E-state index in [4.69, 9.17) is 9.84 Å². The van der Waals surface area contributed by atoms with Crippen LogP contribution in [-0.4, -0.2) is 69.1 Å². The summed E-state index contributed by atoms with van der Waals surface area (Å²) in [5.74, 6) is -0.165. The Labute approximate surface area is 207 Å². The first-order chi connectivity index (χ1) is 16.4. The molecule has 0 aliphatic carbocycles. The maximum Gasteiger partial charge on any atom is 0.306 e. The van der Waals surface area contributed by atoms with Crippen LogP contribution in [-0.2, 0) is 9.53 Å². The van der Waals surface area contributed by atoms with Crippen molar-refractivity contribution in [2.75, 3.05) is 13.2 Å². The van der Waals surface area contributed by atoms with E-state index in [9.17, 15) is 25.2 Å². The molecule has 0 fully saturated rings. The first-order valence-electron chi connectivity index (χ1n) is 13.9. The first kappa shape index (κ1) is 33.3. The van der Waals surface area contributed by atoms with E-state index in [2.05, 4.69) is 13.8 Å². The minimum atomic E-state index is -1.72. The van der Waals surface area contributed by atoms with E-state index in [0.717, 1.165) is 25.7 Å². The Hall–Kier alpha value is -0.730. The van der Waals surface area contributed by atoms with Crippen molar-refractivity contribution in [1.82, 2.24) is 0 Å². The maximum absolute atomic E-state index is 12.4. The lowest BCUT2D eigenvalue weighted by Crippen LogP contribution is -2.47. The molecule has 0 aliphatic heterocycles. The normalized spacial score (nSPS) is 16.1. The van der Waals surface area contributed by atoms with Crippen LogP contribution in [0, 0.1) is 5.92 Å². The van der Waals surface area contributed by atoms with Crippen molar-refractivity contribution < 1.29 is 35.1 Å². The van der Waals surface area contributed by atoms with Crippen LogP contribution in [0.25, 0.3) is 0 Å². The fourth-order valence-electron chi connectivity index (χ4n) is 4.26. The molecule has 0 bridgehead atoms. The average molecular weight is 491 g/mol. The molecular weight excluding hydrogens is 436 g/mol. The number of unbranched alkanes of at least 4 members (excludes halogenated alkanes) is 12. The summed E-state index contributed by atoms with van der Waals surface area (Å²) in [4.78, 5) is 12.4. The van der Waals surface area contributed by atoms with Crippen molar-refractivity contribution in [2.45, 2.75) is 147 Å². The van der Waals surface area contributed by atoms with Crippen LogP contribution in [0.5, 0.6) is 0 Å². The Kier molecular flexibility index (Phi) is 22.2. The zero-order chi connectivity index (χ0) is 25.6. The number of ether oxygens (including phenoxy) is 1. The number of aliphatic hydroxyl groups is 5. The zero-order valence-electron chi connectivity index (χ0n) is 21.9. The average Bonchev–Trinajstić information content (AvgIpc) is 2.84. The lowest BCUT2D eigenvalue weighted by Gasteiger charge is -2.25. The standard InChI is InChI=1S/C27H54O7/c1-3-5-7-9-11-12-14-16-18-22(17-15-13-10-8-6-4-2)19-25(31)34-21-24(30)27(33)26(32)23(29)20-28/h22-24,26-30,32-33H,3-21H2,1-2H3/t22?,23-,24-,26-,27-/m1/s1. The van der Waals surface area contributed by atoms with E-state index in [1.165, 1.54) is 77.0 Å². The van der Waals surface area contributed by atoms with E-state index in [1.807, 2.05) is 0 Å². The van der Waals surface area contributed by atoms with Gasteiger partial charge in [-0.1, -0.05) is 104 Å². The molecule has 1 unspecified atom stereocenters. The van der Waals surface area contributed by atoms with Gasteiger partial charge in [0.1, 0.15) is 31.0 Å². The van der Waals surface area contributed by atoms with E-state index < -0.39 is 43.6 Å². The quantitative estimate of drug-likeness (QED) is 0.101. The molecule has 7 heteroatoms. The molecule has 34 heavy (non-hydrogen) atoms. The van der Waals surface area contributed by atoms with Crippen LogP contribution in [0.15, 0.2) is 0 Å². The third-order valence-corrected chi connectivity index (χ3v) is 6.63. The summed E-state index contributed by atoms with van der Waals surface area (Å²) in [7, 11) is 0. The van der Waals surface area contributed by atoms with Gasteiger partial charge in [-0.2, -0.15) is 0 Å². The number of carbonyl (C=O) groups is 1. The van der Waals surface area contributed by atoms with E-state index >= 15 is 0 Å². The predicted octanol–water partition coefficient (Wildman–Crippen LogP) is 4.25. The molecule has 0 spiro atoms. The van der Waals surface area contributed by atoms with Gasteiger partial charge in [-0.25, -0.2) is 0 Å². The summed E-state index contributed by atoms with van der Waals surface area (Å²) in [6.45, 7) is 3.22. The van der Waals surface area contributed by atoms with Crippen molar-refractivity contribution in [3.05, 3.63) is 0 Å². The fourth-order valence-corrected chi connectivity index (χ4v) is 4.26. The lowest BCUT2D eigenvalue weighted by molar-refractivity contribution is -0.157. The Bertz CT molecular complexity index is 460. The maximum atomic E-state index is 12.4. The third-order valence-electron chi connectivity index (χ3n) is 6.63. The predicted molar refractivity (Wildman–Crippen MR) is 135 cm³/mol. The summed E-state index contributed by atoms with van der Waals surface area (Å²) in [6.07, 6.45) is 13.0. The van der Waals surface area contributed by atoms with Crippen LogP contribution in [0.3, 0.4) is 0 Å². The summed E-state index contributed by atoms with van der Waals surface area (Å²) in [6, 6.07) is 0. The van der Waals surface area contributed by atoms with Crippen LogP contribution < -0.4 is 0 Å². The molecule has 0 amide bonds. The van der Waals surface area contributed by atoms with Gasteiger partial charge in [-0.05, 0) is 18.8 Å². The van der Waals surface area contributed by atoms with Crippen LogP contribution >= 0.6 is 0 Å².